The van der Waals surface area contributed by atoms with E-state index in [1.165, 1.54) is 14.2 Å². The molecule has 0 saturated carbocycles. The van der Waals surface area contributed by atoms with Crippen molar-refractivity contribution in [2.45, 2.75) is 31.1 Å². The van der Waals surface area contributed by atoms with E-state index in [2.05, 4.69) is 18.6 Å². The Morgan fingerprint density at radius 1 is 1.00 bits per heavy atom. The van der Waals surface area contributed by atoms with Gasteiger partial charge in [0.05, 0.1) is 24.8 Å². The van der Waals surface area contributed by atoms with Crippen LogP contribution in [0.4, 0.5) is 5.69 Å². The van der Waals surface area contributed by atoms with Gasteiger partial charge in [-0.05, 0) is 42.2 Å². The van der Waals surface area contributed by atoms with Crippen LogP contribution in [0, 0.1) is 0 Å². The fourth-order valence-electron chi connectivity index (χ4n) is 2.33. The molecule has 0 aliphatic carbocycles. The molecule has 1 N–H and O–H groups in total. The van der Waals surface area contributed by atoms with Crippen LogP contribution in [0.15, 0.2) is 47.4 Å². The number of rotatable bonds is 7. The summed E-state index contributed by atoms with van der Waals surface area (Å²) in [4.78, 5) is 0.226. The van der Waals surface area contributed by atoms with Gasteiger partial charge in [-0.1, -0.05) is 26.0 Å². The van der Waals surface area contributed by atoms with Gasteiger partial charge in [0.25, 0.3) is 10.0 Å². The second-order valence-electron chi connectivity index (χ2n) is 5.55. The number of sulfonamides is 1. The first kappa shape index (κ1) is 18.1. The van der Waals surface area contributed by atoms with Gasteiger partial charge < -0.3 is 9.47 Å². The molecule has 6 heteroatoms. The van der Waals surface area contributed by atoms with Gasteiger partial charge in [-0.2, -0.15) is 0 Å². The Morgan fingerprint density at radius 2 is 1.62 bits per heavy atom. The lowest BCUT2D eigenvalue weighted by Gasteiger charge is -2.13. The largest absolute Gasteiger partial charge is 0.493 e. The van der Waals surface area contributed by atoms with Crippen LogP contribution >= 0.6 is 0 Å². The van der Waals surface area contributed by atoms with E-state index >= 15 is 0 Å². The van der Waals surface area contributed by atoms with E-state index in [1.54, 1.807) is 30.3 Å². The third kappa shape index (κ3) is 4.00. The van der Waals surface area contributed by atoms with Crippen molar-refractivity contribution >= 4 is 15.7 Å². The van der Waals surface area contributed by atoms with Crippen molar-refractivity contribution in [2.24, 2.45) is 0 Å². The van der Waals surface area contributed by atoms with Crippen LogP contribution in [-0.2, 0) is 10.0 Å². The zero-order valence-corrected chi connectivity index (χ0v) is 15.2. The van der Waals surface area contributed by atoms with Crippen LogP contribution in [-0.4, -0.2) is 22.6 Å². The molecule has 0 saturated heterocycles. The van der Waals surface area contributed by atoms with Gasteiger partial charge >= 0.3 is 0 Å². The first-order valence-corrected chi connectivity index (χ1v) is 9.24. The maximum Gasteiger partial charge on any atom is 0.261 e. The van der Waals surface area contributed by atoms with Crippen LogP contribution in [0.25, 0.3) is 0 Å². The van der Waals surface area contributed by atoms with Crippen molar-refractivity contribution in [3.05, 3.63) is 48.0 Å². The maximum atomic E-state index is 12.5. The Balaban J connectivity index is 2.25. The topological polar surface area (TPSA) is 64.6 Å². The van der Waals surface area contributed by atoms with E-state index in [-0.39, 0.29) is 4.90 Å². The molecule has 24 heavy (non-hydrogen) atoms. The summed E-state index contributed by atoms with van der Waals surface area (Å²) in [6, 6.07) is 11.9. The molecule has 2 rings (SSSR count). The lowest BCUT2D eigenvalue weighted by molar-refractivity contribution is 0.355. The number of hydrogen-bond acceptors (Lipinski definition) is 4. The normalized spacial score (nSPS) is 12.5. The van der Waals surface area contributed by atoms with Crippen molar-refractivity contribution in [2.75, 3.05) is 18.9 Å². The van der Waals surface area contributed by atoms with E-state index in [1.807, 2.05) is 12.1 Å². The summed E-state index contributed by atoms with van der Waals surface area (Å²) < 4.78 is 37.9. The molecule has 2 aromatic carbocycles. The highest BCUT2D eigenvalue weighted by Crippen LogP contribution is 2.31. The smallest absolute Gasteiger partial charge is 0.261 e. The SMILES string of the molecule is CC[C@@H](C)c1ccc(S(=O)(=O)Nc2ccc(OC)c(OC)c2)cc1. The summed E-state index contributed by atoms with van der Waals surface area (Å²) in [6.45, 7) is 4.22. The molecule has 0 heterocycles. The van der Waals surface area contributed by atoms with E-state index in [0.717, 1.165) is 12.0 Å². The summed E-state index contributed by atoms with van der Waals surface area (Å²) in [5.41, 5.74) is 1.54. The molecule has 130 valence electrons. The third-order valence-corrected chi connectivity index (χ3v) is 5.40. The van der Waals surface area contributed by atoms with Crippen LogP contribution in [0.5, 0.6) is 11.5 Å². The van der Waals surface area contributed by atoms with Gasteiger partial charge in [0.2, 0.25) is 0 Å². The van der Waals surface area contributed by atoms with Crippen LogP contribution in [0.3, 0.4) is 0 Å². The minimum atomic E-state index is -3.65. The molecule has 0 unspecified atom stereocenters. The molecule has 5 nitrogen and oxygen atoms in total. The second-order valence-corrected chi connectivity index (χ2v) is 7.24. The number of methoxy groups -OCH3 is 2. The number of nitrogens with one attached hydrogen (secondary N) is 1. The number of anilines is 1. The van der Waals surface area contributed by atoms with Gasteiger partial charge in [-0.3, -0.25) is 4.72 Å². The highest BCUT2D eigenvalue weighted by Gasteiger charge is 2.16. The molecule has 0 amide bonds. The molecule has 2 aromatic rings. The van der Waals surface area contributed by atoms with E-state index in [4.69, 9.17) is 9.47 Å². The molecular formula is C18H23NO4S. The predicted octanol–water partition coefficient (Wildman–Crippen LogP) is 4.02. The van der Waals surface area contributed by atoms with Gasteiger partial charge in [-0.25, -0.2) is 8.42 Å². The third-order valence-electron chi connectivity index (χ3n) is 4.01. The summed E-state index contributed by atoms with van der Waals surface area (Å²) in [7, 11) is -0.621. The highest BCUT2D eigenvalue weighted by atomic mass is 32.2. The van der Waals surface area contributed by atoms with Gasteiger partial charge in [0.1, 0.15) is 0 Å². The first-order chi connectivity index (χ1) is 11.4. The van der Waals surface area contributed by atoms with E-state index in [9.17, 15) is 8.42 Å². The quantitative estimate of drug-likeness (QED) is 0.820. The molecule has 0 fully saturated rings. The van der Waals surface area contributed by atoms with Gasteiger partial charge in [-0.15, -0.1) is 0 Å². The van der Waals surface area contributed by atoms with Gasteiger partial charge in [0, 0.05) is 6.07 Å². The Bertz CT molecular complexity index is 785. The van der Waals surface area contributed by atoms with Crippen LogP contribution in [0.1, 0.15) is 31.7 Å². The Morgan fingerprint density at radius 3 is 2.17 bits per heavy atom. The molecule has 0 aliphatic rings. The molecule has 0 aromatic heterocycles. The lowest BCUT2D eigenvalue weighted by Crippen LogP contribution is -2.13. The van der Waals surface area contributed by atoms with Crippen molar-refractivity contribution in [3.8, 4) is 11.5 Å². The number of ether oxygens (including phenoxy) is 2. The summed E-state index contributed by atoms with van der Waals surface area (Å²) >= 11 is 0. The zero-order chi connectivity index (χ0) is 17.7. The molecule has 1 atom stereocenters. The molecule has 0 bridgehead atoms. The first-order valence-electron chi connectivity index (χ1n) is 7.76. The number of benzene rings is 2. The van der Waals surface area contributed by atoms with Crippen molar-refractivity contribution < 1.29 is 17.9 Å². The Labute approximate surface area is 143 Å². The lowest BCUT2D eigenvalue weighted by atomic mass is 9.99. The molecule has 0 aliphatic heterocycles. The Hall–Kier alpha value is -2.21. The molecule has 0 spiro atoms. The average Bonchev–Trinajstić information content (AvgIpc) is 2.60. The summed E-state index contributed by atoms with van der Waals surface area (Å²) in [6.07, 6.45) is 1.01. The average molecular weight is 349 g/mol. The Kier molecular flexibility index (Phi) is 5.72. The standard InChI is InChI=1S/C18H23NO4S/c1-5-13(2)14-6-9-16(10-7-14)24(20,21)19-15-8-11-17(22-3)18(12-15)23-4/h6-13,19H,5H2,1-4H3/t13-/m1/s1. The summed E-state index contributed by atoms with van der Waals surface area (Å²) in [5, 5.41) is 0. The summed E-state index contributed by atoms with van der Waals surface area (Å²) in [5.74, 6) is 1.41. The zero-order valence-electron chi connectivity index (χ0n) is 14.4. The van der Waals surface area contributed by atoms with Crippen molar-refractivity contribution in [3.63, 3.8) is 0 Å². The minimum Gasteiger partial charge on any atom is -0.493 e. The monoisotopic (exact) mass is 349 g/mol. The number of hydrogen-bond donors (Lipinski definition) is 1. The van der Waals surface area contributed by atoms with Crippen molar-refractivity contribution in [1.82, 2.24) is 0 Å². The van der Waals surface area contributed by atoms with E-state index in [0.29, 0.717) is 23.1 Å². The van der Waals surface area contributed by atoms with Gasteiger partial charge in [0.15, 0.2) is 11.5 Å². The van der Waals surface area contributed by atoms with Crippen LogP contribution in [0.2, 0.25) is 0 Å². The van der Waals surface area contributed by atoms with Crippen molar-refractivity contribution in [1.29, 1.82) is 0 Å². The fourth-order valence-corrected chi connectivity index (χ4v) is 3.37. The van der Waals surface area contributed by atoms with Crippen LogP contribution < -0.4 is 14.2 Å². The maximum absolute atomic E-state index is 12.5. The highest BCUT2D eigenvalue weighted by molar-refractivity contribution is 7.92. The fraction of sp³-hybridized carbons (Fsp3) is 0.333. The molecular weight excluding hydrogens is 326 g/mol. The second kappa shape index (κ2) is 7.57. The minimum absolute atomic E-state index is 0.226. The predicted molar refractivity (Wildman–Crippen MR) is 95.5 cm³/mol. The van der Waals surface area contributed by atoms with E-state index < -0.39 is 10.0 Å². The molecule has 0 radical (unpaired) electrons.